The highest BCUT2D eigenvalue weighted by atomic mass is 32.2. The van der Waals surface area contributed by atoms with Gasteiger partial charge in [0.15, 0.2) is 0 Å². The molecule has 41 heteroatoms. The number of amides is 4. The molecular formula is C33H63N2O31P7S. The van der Waals surface area contributed by atoms with Gasteiger partial charge in [-0.3, -0.25) is 87.8 Å². The van der Waals surface area contributed by atoms with Gasteiger partial charge in [-0.15, -0.1) is 11.8 Å². The second kappa shape index (κ2) is 32.4. The van der Waals surface area contributed by atoms with E-state index in [-0.39, 0.29) is 50.5 Å². The van der Waals surface area contributed by atoms with Gasteiger partial charge in [-0.1, -0.05) is 12.8 Å². The highest BCUT2D eigenvalue weighted by Crippen LogP contribution is 2.50. The number of phosphoric acid groups is 6. The third-order valence-electron chi connectivity index (χ3n) is 8.48. The lowest BCUT2D eigenvalue weighted by atomic mass is 10.2. The highest BCUT2D eigenvalue weighted by Gasteiger charge is 2.39. The fourth-order valence-electron chi connectivity index (χ4n) is 5.50. The number of unbranched alkanes of at least 4 members (excludes halogenated alkanes) is 3. The average molecular weight is 1230 g/mol. The first-order chi connectivity index (χ1) is 34.1. The Morgan fingerprint density at radius 3 is 1.14 bits per heavy atom. The summed E-state index contributed by atoms with van der Waals surface area (Å²) in [7, 11) is -32.8. The number of carbonyl (C=O) groups is 4. The minimum atomic E-state index is -4.90. The van der Waals surface area contributed by atoms with Gasteiger partial charge >= 0.3 is 54.5 Å². The number of thioether (sulfide) groups is 1. The Morgan fingerprint density at radius 1 is 0.473 bits per heavy atom. The number of imide groups is 2. The normalized spacial score (nSPS) is 21.2. The fourth-order valence-corrected chi connectivity index (χ4v) is 12.4. The molecule has 1 saturated heterocycles. The Hall–Kier alpha value is -0.820. The molecule has 2 aliphatic heterocycles. The predicted molar refractivity (Wildman–Crippen MR) is 252 cm³/mol. The summed E-state index contributed by atoms with van der Waals surface area (Å²) in [6, 6.07) is 0. The molecule has 1 fully saturated rings. The van der Waals surface area contributed by atoms with Crippen molar-refractivity contribution < 1.29 is 144 Å². The molecule has 7 N–H and O–H groups in total. The van der Waals surface area contributed by atoms with Gasteiger partial charge in [-0.25, -0.2) is 27.4 Å². The van der Waals surface area contributed by atoms with Gasteiger partial charge in [-0.05, 0) is 45.8 Å². The zero-order valence-electron chi connectivity index (χ0n) is 40.2. The lowest BCUT2D eigenvalue weighted by molar-refractivity contribution is -0.142. The van der Waals surface area contributed by atoms with E-state index in [1.165, 1.54) is 11.8 Å². The van der Waals surface area contributed by atoms with Crippen LogP contribution in [0.15, 0.2) is 12.2 Å². The Morgan fingerprint density at radius 2 is 0.784 bits per heavy atom. The zero-order valence-corrected chi connectivity index (χ0v) is 47.2. The minimum absolute atomic E-state index is 0.00358. The van der Waals surface area contributed by atoms with E-state index in [9.17, 15) is 85.4 Å². The van der Waals surface area contributed by atoms with Crippen molar-refractivity contribution in [3.05, 3.63) is 12.2 Å². The predicted octanol–water partition coefficient (Wildman–Crippen LogP) is 3.52. The summed E-state index contributed by atoms with van der Waals surface area (Å²) >= 11 is 1.30. The van der Waals surface area contributed by atoms with Crippen LogP contribution in [-0.4, -0.2) is 183 Å². The Balaban J connectivity index is 1.47. The first kappa shape index (κ1) is 69.3. The molecule has 0 radical (unpaired) electrons. The Labute approximate surface area is 429 Å². The van der Waals surface area contributed by atoms with Crippen LogP contribution in [0.4, 0.5) is 0 Å². The number of likely N-dealkylation sites (tertiary alicyclic amines) is 1. The molecule has 0 aliphatic carbocycles. The van der Waals surface area contributed by atoms with Crippen LogP contribution in [0.25, 0.3) is 0 Å². The van der Waals surface area contributed by atoms with Crippen molar-refractivity contribution in [1.82, 2.24) is 9.80 Å². The molecule has 432 valence electrons. The number of carbonyl (C=O) groups excluding carboxylic acids is 4. The largest absolute Gasteiger partial charge is 0.472 e. The average Bonchev–Trinajstić information content (AvgIpc) is 3.74. The molecule has 33 nitrogen and oxygen atoms in total. The number of hydrogen-bond acceptors (Lipinski definition) is 25. The quantitative estimate of drug-likeness (QED) is 0.0261. The van der Waals surface area contributed by atoms with Gasteiger partial charge in [0.1, 0.15) is 0 Å². The summed E-state index contributed by atoms with van der Waals surface area (Å²) in [5.74, 6) is -1.25. The van der Waals surface area contributed by atoms with Crippen molar-refractivity contribution in [2.75, 3.05) is 104 Å². The summed E-state index contributed by atoms with van der Waals surface area (Å²) in [5, 5.41) is -0.581. The van der Waals surface area contributed by atoms with Crippen LogP contribution in [0.5, 0.6) is 0 Å². The van der Waals surface area contributed by atoms with Crippen molar-refractivity contribution >= 4 is 89.9 Å². The third kappa shape index (κ3) is 31.7. The van der Waals surface area contributed by atoms with E-state index in [1.54, 1.807) is 20.8 Å². The van der Waals surface area contributed by atoms with Crippen molar-refractivity contribution in [3.63, 3.8) is 0 Å². The number of hydrogen-bond donors (Lipinski definition) is 7. The van der Waals surface area contributed by atoms with Gasteiger partial charge < -0.3 is 38.8 Å². The van der Waals surface area contributed by atoms with Crippen LogP contribution >= 0.6 is 66.3 Å². The number of phosphoric ester groups is 6. The molecule has 0 saturated carbocycles. The van der Waals surface area contributed by atoms with Gasteiger partial charge in [0.2, 0.25) is 11.8 Å². The topological polar surface area (TPSA) is 456 Å². The van der Waals surface area contributed by atoms with Crippen LogP contribution in [0, 0.1) is 0 Å². The smallest absolute Gasteiger partial charge is 0.324 e. The highest BCUT2D eigenvalue weighted by molar-refractivity contribution is 8.00. The first-order valence-electron chi connectivity index (χ1n) is 21.9. The standard InChI is InChI=1S/C33H63N2O31P7S/c1-33(2,3)66-67(40,41)25-8-14-55-69(44,45)57-16-18-59-71(48,49)61-20-22-63-73(52,53)65-24-23-64-72(50,51)62-21-19-60-70(46,47)58-17-15-56-68(42,43)54-13-6-4-5-7-26-74-28-27-31(38)35(32(28)39)12-11-34-29(36)9-10-30(34)37/h9-10,28H,4-8,11-27H2,1-3H3,(H,40,41)(H,42,43)(H,44,45)(H,46,47)(H,48,49)(H,50,51)(H,52,53). The molecule has 4 amide bonds. The van der Waals surface area contributed by atoms with E-state index in [1.807, 2.05) is 0 Å². The van der Waals surface area contributed by atoms with Crippen LogP contribution in [0.2, 0.25) is 0 Å². The van der Waals surface area contributed by atoms with E-state index in [2.05, 4.69) is 49.8 Å². The molecule has 0 aromatic carbocycles. The molecule has 8 atom stereocenters. The molecule has 0 spiro atoms. The summed E-state index contributed by atoms with van der Waals surface area (Å²) in [6.07, 6.45) is 3.93. The van der Waals surface area contributed by atoms with Gasteiger partial charge in [0.25, 0.3) is 11.8 Å². The lowest BCUT2D eigenvalue weighted by Crippen LogP contribution is -2.41. The van der Waals surface area contributed by atoms with Gasteiger partial charge in [-0.2, -0.15) is 0 Å². The van der Waals surface area contributed by atoms with E-state index >= 15 is 0 Å². The summed E-state index contributed by atoms with van der Waals surface area (Å²) < 4.78 is 144. The summed E-state index contributed by atoms with van der Waals surface area (Å²) in [6.45, 7) is -4.16. The molecule has 74 heavy (non-hydrogen) atoms. The molecule has 2 aliphatic rings. The second-order valence-corrected chi connectivity index (χ2v) is 27.7. The maximum absolute atomic E-state index is 12.7. The maximum Gasteiger partial charge on any atom is 0.472 e. The molecule has 0 aromatic heterocycles. The van der Waals surface area contributed by atoms with Gasteiger partial charge in [0.05, 0.1) is 96.3 Å². The molecule has 2 rings (SSSR count). The fraction of sp³-hybridized carbons (Fsp3) is 0.818. The van der Waals surface area contributed by atoms with E-state index in [4.69, 9.17) is 9.05 Å². The Kier molecular flexibility index (Phi) is 30.4. The SMILES string of the molecule is CC(C)(C)OP(=O)(O)CCCOP(=O)(O)OCCOP(=O)(O)OCCOP(=O)(O)OCCOP(=O)(O)OCCOP(=O)(O)OCCOP(=O)(O)OCCCCCCSC1CC(=O)N(CCN2C(=O)C=CC2=O)C1=O. The molecule has 0 bridgehead atoms. The summed E-state index contributed by atoms with van der Waals surface area (Å²) in [5.41, 5.74) is -0.911. The van der Waals surface area contributed by atoms with Gasteiger partial charge in [0, 0.05) is 31.7 Å². The monoisotopic (exact) mass is 1230 g/mol. The molecular weight excluding hydrogens is 1170 g/mol. The summed E-state index contributed by atoms with van der Waals surface area (Å²) in [4.78, 5) is 119. The zero-order chi connectivity index (χ0) is 55.9. The van der Waals surface area contributed by atoms with Crippen molar-refractivity contribution in [1.29, 1.82) is 0 Å². The minimum Gasteiger partial charge on any atom is -0.324 e. The Bertz CT molecular complexity index is 2200. The van der Waals surface area contributed by atoms with Crippen LogP contribution in [0.1, 0.15) is 59.3 Å². The maximum atomic E-state index is 12.7. The van der Waals surface area contributed by atoms with Crippen molar-refractivity contribution in [2.24, 2.45) is 0 Å². The second-order valence-electron chi connectivity index (χ2n) is 15.8. The first-order valence-corrected chi connectivity index (χ1v) is 33.6. The van der Waals surface area contributed by atoms with E-state index < -0.39 is 150 Å². The molecule has 2 heterocycles. The van der Waals surface area contributed by atoms with Crippen LogP contribution < -0.4 is 0 Å². The van der Waals surface area contributed by atoms with E-state index in [0.29, 0.717) is 31.4 Å². The lowest BCUT2D eigenvalue weighted by Gasteiger charge is -2.23. The van der Waals surface area contributed by atoms with E-state index in [0.717, 1.165) is 22.0 Å². The molecule has 0 aromatic rings. The number of rotatable bonds is 43. The number of nitrogens with zero attached hydrogens (tertiary/aromatic N) is 2. The van der Waals surface area contributed by atoms with Crippen LogP contribution in [-0.2, 0) is 110 Å². The molecule has 8 unspecified atom stereocenters. The third-order valence-corrected chi connectivity index (χ3v) is 17.6. The van der Waals surface area contributed by atoms with Crippen molar-refractivity contribution in [3.8, 4) is 0 Å². The van der Waals surface area contributed by atoms with Crippen molar-refractivity contribution in [2.45, 2.75) is 70.1 Å². The van der Waals surface area contributed by atoms with Crippen LogP contribution in [0.3, 0.4) is 0 Å².